The average Bonchev–Trinajstić information content (AvgIpc) is 2.04. The molecule has 1 amide bonds. The summed E-state index contributed by atoms with van der Waals surface area (Å²) >= 11 is 4.80. The second-order valence-corrected chi connectivity index (χ2v) is 3.48. The van der Waals surface area contributed by atoms with Crippen LogP contribution in [0.4, 0.5) is 0 Å². The Bertz CT molecular complexity index is 197. The lowest BCUT2D eigenvalue weighted by molar-refractivity contribution is -0.134. The zero-order valence-electron chi connectivity index (χ0n) is 8.24. The van der Waals surface area contributed by atoms with E-state index in [1.807, 2.05) is 6.92 Å². The first-order valence-corrected chi connectivity index (χ1v) is 4.42. The molecule has 4 nitrogen and oxygen atoms in total. The second-order valence-electron chi connectivity index (χ2n) is 3.01. The molecule has 0 aliphatic carbocycles. The molecule has 0 saturated heterocycles. The molecule has 76 valence electrons. The molecule has 0 aliphatic rings. The van der Waals surface area contributed by atoms with Crippen LogP contribution in [0.5, 0.6) is 0 Å². The lowest BCUT2D eigenvalue weighted by Crippen LogP contribution is -2.37. The number of hydrogen-bond acceptors (Lipinski definition) is 3. The third kappa shape index (κ3) is 4.80. The van der Waals surface area contributed by atoms with Crippen LogP contribution in [0.25, 0.3) is 0 Å². The fourth-order valence-electron chi connectivity index (χ4n) is 0.836. The van der Waals surface area contributed by atoms with E-state index in [1.165, 1.54) is 7.11 Å². The Kier molecular flexibility index (Phi) is 5.57. The molecule has 0 aliphatic heterocycles. The van der Waals surface area contributed by atoms with Crippen molar-refractivity contribution in [2.24, 2.45) is 11.7 Å². The van der Waals surface area contributed by atoms with Gasteiger partial charge in [-0.25, -0.2) is 0 Å². The molecule has 13 heavy (non-hydrogen) atoms. The van der Waals surface area contributed by atoms with Gasteiger partial charge in [0, 0.05) is 26.6 Å². The molecule has 0 fully saturated rings. The molecule has 2 N–H and O–H groups in total. The third-order valence-corrected chi connectivity index (χ3v) is 2.13. The number of methoxy groups -OCH3 is 1. The van der Waals surface area contributed by atoms with Gasteiger partial charge in [0.05, 0.1) is 4.99 Å². The number of thiocarbonyl (C=S) groups is 1. The summed E-state index contributed by atoms with van der Waals surface area (Å²) < 4.78 is 4.71. The number of amides is 1. The molecule has 0 radical (unpaired) electrons. The molecule has 1 atom stereocenters. The minimum atomic E-state index is -0.0643. The Morgan fingerprint density at radius 3 is 2.62 bits per heavy atom. The standard InChI is InChI=1S/C8H16N2O2S/c1-6(8(9)13)4-10(2)7(11)5-12-3/h6H,4-5H2,1-3H3,(H2,9,13). The van der Waals surface area contributed by atoms with Crippen LogP contribution in [0, 0.1) is 5.92 Å². The van der Waals surface area contributed by atoms with Crippen LogP contribution in [0.1, 0.15) is 6.92 Å². The highest BCUT2D eigenvalue weighted by Gasteiger charge is 2.13. The number of carbonyl (C=O) groups excluding carboxylic acids is 1. The second kappa shape index (κ2) is 5.88. The Morgan fingerprint density at radius 1 is 1.69 bits per heavy atom. The lowest BCUT2D eigenvalue weighted by Gasteiger charge is -2.20. The Labute approximate surface area is 84.0 Å². The zero-order chi connectivity index (χ0) is 10.4. The maximum absolute atomic E-state index is 11.2. The van der Waals surface area contributed by atoms with Gasteiger partial charge in [0.25, 0.3) is 0 Å². The van der Waals surface area contributed by atoms with Gasteiger partial charge < -0.3 is 15.4 Å². The zero-order valence-corrected chi connectivity index (χ0v) is 9.06. The van der Waals surface area contributed by atoms with Crippen LogP contribution < -0.4 is 5.73 Å². The van der Waals surface area contributed by atoms with E-state index in [-0.39, 0.29) is 18.4 Å². The first-order valence-electron chi connectivity index (χ1n) is 4.01. The van der Waals surface area contributed by atoms with Crippen molar-refractivity contribution < 1.29 is 9.53 Å². The van der Waals surface area contributed by atoms with E-state index >= 15 is 0 Å². The van der Waals surface area contributed by atoms with E-state index in [0.29, 0.717) is 11.5 Å². The van der Waals surface area contributed by atoms with Crippen molar-refractivity contribution in [3.63, 3.8) is 0 Å². The number of rotatable bonds is 5. The summed E-state index contributed by atoms with van der Waals surface area (Å²) in [5.74, 6) is -0.0218. The molecule has 0 spiro atoms. The smallest absolute Gasteiger partial charge is 0.248 e. The first kappa shape index (κ1) is 12.3. The molecule has 0 heterocycles. The molecule has 5 heteroatoms. The average molecular weight is 204 g/mol. The molecular weight excluding hydrogens is 188 g/mol. The SMILES string of the molecule is COCC(=O)N(C)CC(C)C(N)=S. The summed E-state index contributed by atoms with van der Waals surface area (Å²) in [7, 11) is 3.19. The quantitative estimate of drug-likeness (QED) is 0.641. The Hall–Kier alpha value is -0.680. The summed E-state index contributed by atoms with van der Waals surface area (Å²) in [4.78, 5) is 13.2. The van der Waals surface area contributed by atoms with Crippen molar-refractivity contribution in [1.29, 1.82) is 0 Å². The number of hydrogen-bond donors (Lipinski definition) is 1. The highest BCUT2D eigenvalue weighted by Crippen LogP contribution is 1.98. The summed E-state index contributed by atoms with van der Waals surface area (Å²) in [6.45, 7) is 2.52. The number of ether oxygens (including phenoxy) is 1. The van der Waals surface area contributed by atoms with E-state index in [4.69, 9.17) is 22.7 Å². The highest BCUT2D eigenvalue weighted by atomic mass is 32.1. The van der Waals surface area contributed by atoms with Crippen molar-refractivity contribution in [2.45, 2.75) is 6.92 Å². The van der Waals surface area contributed by atoms with Crippen LogP contribution in [-0.2, 0) is 9.53 Å². The molecular formula is C8H16N2O2S. The van der Waals surface area contributed by atoms with Crippen LogP contribution in [0.3, 0.4) is 0 Å². The molecule has 0 aromatic carbocycles. The molecule has 0 aromatic rings. The summed E-state index contributed by atoms with van der Waals surface area (Å²) in [5.41, 5.74) is 5.42. The minimum Gasteiger partial charge on any atom is -0.393 e. The van der Waals surface area contributed by atoms with Crippen molar-refractivity contribution in [3.05, 3.63) is 0 Å². The maximum atomic E-state index is 11.2. The summed E-state index contributed by atoms with van der Waals surface area (Å²) in [6, 6.07) is 0. The number of nitrogens with two attached hydrogens (primary N) is 1. The Morgan fingerprint density at radius 2 is 2.23 bits per heavy atom. The third-order valence-electron chi connectivity index (χ3n) is 1.73. The van der Waals surface area contributed by atoms with Gasteiger partial charge in [0.1, 0.15) is 6.61 Å². The van der Waals surface area contributed by atoms with Crippen LogP contribution in [0.2, 0.25) is 0 Å². The fourth-order valence-corrected chi connectivity index (χ4v) is 0.911. The largest absolute Gasteiger partial charge is 0.393 e. The Balaban J connectivity index is 3.92. The van der Waals surface area contributed by atoms with Gasteiger partial charge in [0.15, 0.2) is 0 Å². The monoisotopic (exact) mass is 204 g/mol. The van der Waals surface area contributed by atoms with Crippen molar-refractivity contribution in [2.75, 3.05) is 27.3 Å². The van der Waals surface area contributed by atoms with Crippen LogP contribution in [-0.4, -0.2) is 43.1 Å². The van der Waals surface area contributed by atoms with Gasteiger partial charge in [-0.15, -0.1) is 0 Å². The predicted molar refractivity (Wildman–Crippen MR) is 55.5 cm³/mol. The molecule has 0 saturated carbocycles. The molecule has 0 rings (SSSR count). The van der Waals surface area contributed by atoms with Gasteiger partial charge in [-0.1, -0.05) is 19.1 Å². The van der Waals surface area contributed by atoms with E-state index in [9.17, 15) is 4.79 Å². The van der Waals surface area contributed by atoms with Gasteiger partial charge in [0.2, 0.25) is 5.91 Å². The van der Waals surface area contributed by atoms with E-state index in [0.717, 1.165) is 0 Å². The van der Waals surface area contributed by atoms with Crippen LogP contribution >= 0.6 is 12.2 Å². The van der Waals surface area contributed by atoms with Gasteiger partial charge in [-0.3, -0.25) is 4.79 Å². The molecule has 0 bridgehead atoms. The lowest BCUT2D eigenvalue weighted by atomic mass is 10.2. The first-order chi connectivity index (χ1) is 5.99. The molecule has 0 aromatic heterocycles. The van der Waals surface area contributed by atoms with E-state index in [2.05, 4.69) is 0 Å². The number of likely N-dealkylation sites (N-methyl/N-ethyl adjacent to an activating group) is 1. The number of carbonyl (C=O) groups is 1. The van der Waals surface area contributed by atoms with E-state index < -0.39 is 0 Å². The summed E-state index contributed by atoms with van der Waals surface area (Å²) in [6.07, 6.45) is 0. The maximum Gasteiger partial charge on any atom is 0.248 e. The van der Waals surface area contributed by atoms with Gasteiger partial charge >= 0.3 is 0 Å². The van der Waals surface area contributed by atoms with Gasteiger partial charge in [-0.2, -0.15) is 0 Å². The van der Waals surface area contributed by atoms with Gasteiger partial charge in [-0.05, 0) is 0 Å². The fraction of sp³-hybridized carbons (Fsp3) is 0.750. The normalized spacial score (nSPS) is 12.2. The van der Waals surface area contributed by atoms with Crippen LogP contribution in [0.15, 0.2) is 0 Å². The minimum absolute atomic E-state index is 0.0424. The molecule has 1 unspecified atom stereocenters. The predicted octanol–water partition coefficient (Wildman–Crippen LogP) is 0.0134. The summed E-state index contributed by atoms with van der Waals surface area (Å²) in [5, 5.41) is 0. The number of nitrogens with zero attached hydrogens (tertiary/aromatic N) is 1. The van der Waals surface area contributed by atoms with Crippen molar-refractivity contribution >= 4 is 23.1 Å². The highest BCUT2D eigenvalue weighted by molar-refractivity contribution is 7.80. The van der Waals surface area contributed by atoms with E-state index in [1.54, 1.807) is 11.9 Å². The van der Waals surface area contributed by atoms with Crippen molar-refractivity contribution in [1.82, 2.24) is 4.90 Å². The topological polar surface area (TPSA) is 55.6 Å². The van der Waals surface area contributed by atoms with Crippen molar-refractivity contribution in [3.8, 4) is 0 Å².